The van der Waals surface area contributed by atoms with Gasteiger partial charge in [-0.15, -0.1) is 6.58 Å². The van der Waals surface area contributed by atoms with Crippen LogP contribution >= 0.6 is 0 Å². The second-order valence-electron chi connectivity index (χ2n) is 12.7. The Hall–Kier alpha value is -4.09. The lowest BCUT2D eigenvalue weighted by molar-refractivity contribution is 0.0339. The summed E-state index contributed by atoms with van der Waals surface area (Å²) >= 11 is 0. The normalized spacial score (nSPS) is 23.5. The fourth-order valence-corrected chi connectivity index (χ4v) is 7.40. The van der Waals surface area contributed by atoms with Gasteiger partial charge in [0.25, 0.3) is 5.56 Å². The molecule has 0 radical (unpaired) electrons. The van der Waals surface area contributed by atoms with Gasteiger partial charge in [0.1, 0.15) is 17.7 Å². The van der Waals surface area contributed by atoms with Gasteiger partial charge >= 0.3 is 0 Å². The molecule has 2 aliphatic heterocycles. The van der Waals surface area contributed by atoms with Gasteiger partial charge in [0.2, 0.25) is 5.95 Å². The van der Waals surface area contributed by atoms with E-state index in [4.69, 9.17) is 9.97 Å². The van der Waals surface area contributed by atoms with Crippen molar-refractivity contribution < 1.29 is 9.50 Å². The molecule has 2 fully saturated rings. The molecule has 1 aliphatic carbocycles. The third-order valence-electron chi connectivity index (χ3n) is 9.32. The average Bonchev–Trinajstić information content (AvgIpc) is 3.27. The highest BCUT2D eigenvalue weighted by atomic mass is 19.1. The second kappa shape index (κ2) is 11.4. The quantitative estimate of drug-likeness (QED) is 0.291. The lowest BCUT2D eigenvalue weighted by atomic mass is 9.84. The number of piperidine rings is 2. The maximum atomic E-state index is 13.4. The number of pyridine rings is 1. The highest BCUT2D eigenvalue weighted by Gasteiger charge is 2.34. The lowest BCUT2D eigenvalue weighted by Gasteiger charge is -2.46. The number of halogens is 1. The van der Waals surface area contributed by atoms with Crippen molar-refractivity contribution in [2.75, 3.05) is 49.6 Å². The molecule has 230 valence electrons. The van der Waals surface area contributed by atoms with Gasteiger partial charge in [0.05, 0.1) is 12.2 Å². The standard InChI is InChI=1S/C33H39FN8O2/c1-3-14-41-31(43)27-17-35-32(38-30(27)42(41)28-11-6-24-5-4-12-33(2,44)29(24)37-28)36-25-7-9-26(10-8-25)40-20-22-16-23(21-40)19-39(18-22)15-13-34/h3,6-11,17,22-23,44H,1,4-5,12-16,18-21H2,2H3,(H,35,36,38)/t22?,23?,33-/m1/s1. The predicted octanol–water partition coefficient (Wildman–Crippen LogP) is 4.18. The smallest absolute Gasteiger partial charge is 0.278 e. The van der Waals surface area contributed by atoms with Crippen molar-refractivity contribution in [1.82, 2.24) is 29.2 Å². The van der Waals surface area contributed by atoms with Crippen LogP contribution in [0, 0.1) is 11.8 Å². The van der Waals surface area contributed by atoms with Crippen molar-refractivity contribution in [3.05, 3.63) is 76.9 Å². The molecule has 10 nitrogen and oxygen atoms in total. The Balaban J connectivity index is 1.16. The molecule has 4 aromatic rings. The first kappa shape index (κ1) is 28.7. The first-order valence-corrected chi connectivity index (χ1v) is 15.6. The average molecular weight is 599 g/mol. The third kappa shape index (κ3) is 5.28. The Morgan fingerprint density at radius 1 is 1.11 bits per heavy atom. The van der Waals surface area contributed by atoms with Crippen LogP contribution in [0.2, 0.25) is 0 Å². The topological polar surface area (TPSA) is 104 Å². The second-order valence-corrected chi connectivity index (χ2v) is 12.7. The maximum absolute atomic E-state index is 13.4. The van der Waals surface area contributed by atoms with Gasteiger partial charge in [-0.1, -0.05) is 12.1 Å². The fourth-order valence-electron chi connectivity index (χ4n) is 7.40. The Morgan fingerprint density at radius 2 is 1.89 bits per heavy atom. The molecular weight excluding hydrogens is 559 g/mol. The number of anilines is 3. The number of hydrogen-bond acceptors (Lipinski definition) is 8. The van der Waals surface area contributed by atoms with E-state index in [1.165, 1.54) is 12.1 Å². The minimum atomic E-state index is -1.04. The predicted molar refractivity (Wildman–Crippen MR) is 170 cm³/mol. The molecule has 3 atom stereocenters. The number of alkyl halides is 1. The van der Waals surface area contributed by atoms with Crippen molar-refractivity contribution in [3.8, 4) is 5.82 Å². The molecule has 0 saturated carbocycles. The largest absolute Gasteiger partial charge is 0.384 e. The van der Waals surface area contributed by atoms with Crippen LogP contribution in [-0.4, -0.2) is 73.7 Å². The van der Waals surface area contributed by atoms with Crippen molar-refractivity contribution in [2.24, 2.45) is 11.8 Å². The molecule has 2 unspecified atom stereocenters. The van der Waals surface area contributed by atoms with Gasteiger partial charge in [0.15, 0.2) is 11.5 Å². The van der Waals surface area contributed by atoms with E-state index >= 15 is 0 Å². The van der Waals surface area contributed by atoms with E-state index in [2.05, 4.69) is 38.8 Å². The van der Waals surface area contributed by atoms with Gasteiger partial charge in [0, 0.05) is 50.3 Å². The van der Waals surface area contributed by atoms with E-state index in [0.29, 0.717) is 53.3 Å². The van der Waals surface area contributed by atoms with Gasteiger partial charge in [-0.05, 0) is 80.3 Å². The number of hydrogen-bond donors (Lipinski definition) is 2. The Labute approximate surface area is 255 Å². The zero-order chi connectivity index (χ0) is 30.4. The number of aryl methyl sites for hydroxylation is 1. The van der Waals surface area contributed by atoms with Gasteiger partial charge < -0.3 is 20.2 Å². The molecule has 0 amide bonds. The molecule has 11 heteroatoms. The number of benzene rings is 1. The van der Waals surface area contributed by atoms with Crippen LogP contribution in [-0.2, 0) is 18.6 Å². The van der Waals surface area contributed by atoms with E-state index in [-0.39, 0.29) is 18.8 Å². The molecule has 2 N–H and O–H groups in total. The minimum absolute atomic E-state index is 0.235. The molecule has 2 saturated heterocycles. The molecule has 3 aliphatic rings. The number of fused-ring (bicyclic) bond motifs is 4. The summed E-state index contributed by atoms with van der Waals surface area (Å²) in [6, 6.07) is 12.1. The van der Waals surface area contributed by atoms with E-state index in [0.717, 1.165) is 50.3 Å². The van der Waals surface area contributed by atoms with Crippen molar-refractivity contribution in [2.45, 2.75) is 44.8 Å². The van der Waals surface area contributed by atoms with Gasteiger partial charge in [-0.3, -0.25) is 4.79 Å². The van der Waals surface area contributed by atoms with Crippen LogP contribution < -0.4 is 15.8 Å². The highest BCUT2D eigenvalue weighted by molar-refractivity contribution is 5.77. The molecular formula is C33H39FN8O2. The van der Waals surface area contributed by atoms with Crippen LogP contribution in [0.15, 0.2) is 60.0 Å². The molecule has 44 heavy (non-hydrogen) atoms. The first-order valence-electron chi connectivity index (χ1n) is 15.6. The van der Waals surface area contributed by atoms with Crippen molar-refractivity contribution in [1.29, 1.82) is 0 Å². The van der Waals surface area contributed by atoms with Crippen LogP contribution in [0.25, 0.3) is 16.9 Å². The van der Waals surface area contributed by atoms with Gasteiger partial charge in [-0.2, -0.15) is 4.98 Å². The van der Waals surface area contributed by atoms with E-state index in [1.807, 2.05) is 24.3 Å². The van der Waals surface area contributed by atoms with Gasteiger partial charge in [-0.25, -0.2) is 23.7 Å². The number of likely N-dealkylation sites (tertiary alicyclic amines) is 1. The number of aliphatic hydroxyl groups is 1. The third-order valence-corrected chi connectivity index (χ3v) is 9.32. The fraction of sp³-hybridized carbons (Fsp3) is 0.455. The van der Waals surface area contributed by atoms with Crippen LogP contribution in [0.4, 0.5) is 21.7 Å². The summed E-state index contributed by atoms with van der Waals surface area (Å²) in [6.07, 6.45) is 6.82. The molecule has 3 aromatic heterocycles. The Bertz CT molecular complexity index is 1730. The Morgan fingerprint density at radius 3 is 2.61 bits per heavy atom. The maximum Gasteiger partial charge on any atom is 0.278 e. The van der Waals surface area contributed by atoms with Crippen molar-refractivity contribution in [3.63, 3.8) is 0 Å². The number of rotatable bonds is 8. The summed E-state index contributed by atoms with van der Waals surface area (Å²) in [5.74, 6) is 2.00. The van der Waals surface area contributed by atoms with Crippen LogP contribution in [0.3, 0.4) is 0 Å². The summed E-state index contributed by atoms with van der Waals surface area (Å²) in [7, 11) is 0. The SMILES string of the molecule is C=CCn1c(=O)c2cnc(Nc3ccc(N4CC5CC(CN(CCF)C5)C4)cc3)nc2n1-c1ccc2c(n1)[C@](C)(O)CCC2. The highest BCUT2D eigenvalue weighted by Crippen LogP contribution is 2.35. The zero-order valence-electron chi connectivity index (χ0n) is 25.1. The number of allylic oxidation sites excluding steroid dienone is 1. The lowest BCUT2D eigenvalue weighted by Crippen LogP contribution is -2.53. The number of aromatic nitrogens is 5. The van der Waals surface area contributed by atoms with E-state index < -0.39 is 5.60 Å². The first-order chi connectivity index (χ1) is 21.3. The number of nitrogens with zero attached hydrogens (tertiary/aromatic N) is 7. The molecule has 2 bridgehead atoms. The number of nitrogens with one attached hydrogen (secondary N) is 1. The summed E-state index contributed by atoms with van der Waals surface area (Å²) < 4.78 is 16.1. The van der Waals surface area contributed by atoms with Crippen LogP contribution in [0.5, 0.6) is 0 Å². The molecule has 0 spiro atoms. The summed E-state index contributed by atoms with van der Waals surface area (Å²) in [4.78, 5) is 32.2. The van der Waals surface area contributed by atoms with E-state index in [1.54, 1.807) is 28.6 Å². The van der Waals surface area contributed by atoms with Crippen LogP contribution in [0.1, 0.15) is 37.4 Å². The zero-order valence-corrected chi connectivity index (χ0v) is 25.1. The minimum Gasteiger partial charge on any atom is -0.384 e. The van der Waals surface area contributed by atoms with E-state index in [9.17, 15) is 14.3 Å². The summed E-state index contributed by atoms with van der Waals surface area (Å²) in [5, 5.41) is 14.7. The summed E-state index contributed by atoms with van der Waals surface area (Å²) in [5.41, 5.74) is 2.82. The monoisotopic (exact) mass is 598 g/mol. The van der Waals surface area contributed by atoms with Crippen molar-refractivity contribution >= 4 is 28.4 Å². The summed E-state index contributed by atoms with van der Waals surface area (Å²) in [6.45, 7) is 10.1. The Kier molecular flexibility index (Phi) is 7.45. The molecule has 7 rings (SSSR count). The molecule has 1 aromatic carbocycles. The molecule has 5 heterocycles.